The van der Waals surface area contributed by atoms with Crippen LogP contribution in [-0.4, -0.2) is 50.6 Å². The third-order valence-corrected chi connectivity index (χ3v) is 3.66. The monoisotopic (exact) mass is 268 g/mol. The van der Waals surface area contributed by atoms with Gasteiger partial charge in [-0.05, 0) is 39.3 Å². The van der Waals surface area contributed by atoms with Gasteiger partial charge in [-0.2, -0.15) is 0 Å². The van der Waals surface area contributed by atoms with E-state index in [1.165, 1.54) is 45.2 Å². The van der Waals surface area contributed by atoms with Crippen LogP contribution in [-0.2, 0) is 0 Å². The molecule has 19 heavy (non-hydrogen) atoms. The van der Waals surface area contributed by atoms with Crippen molar-refractivity contribution in [2.24, 2.45) is 10.9 Å². The molecule has 0 aromatic heterocycles. The second-order valence-corrected chi connectivity index (χ2v) is 5.62. The van der Waals surface area contributed by atoms with Crippen molar-refractivity contribution in [1.82, 2.24) is 15.5 Å². The summed E-state index contributed by atoms with van der Waals surface area (Å²) in [5.41, 5.74) is 0. The maximum Gasteiger partial charge on any atom is 0.191 e. The molecule has 4 nitrogen and oxygen atoms in total. The summed E-state index contributed by atoms with van der Waals surface area (Å²) in [6.07, 6.45) is 6.48. The smallest absolute Gasteiger partial charge is 0.191 e. The average Bonchev–Trinajstić information content (AvgIpc) is 2.81. The van der Waals surface area contributed by atoms with Crippen LogP contribution < -0.4 is 10.6 Å². The van der Waals surface area contributed by atoms with Crippen LogP contribution in [0.25, 0.3) is 0 Å². The van der Waals surface area contributed by atoms with Gasteiger partial charge in [0.15, 0.2) is 5.96 Å². The lowest BCUT2D eigenvalue weighted by molar-refractivity contribution is 0.397. The number of nitrogens with one attached hydrogen (secondary N) is 2. The van der Waals surface area contributed by atoms with Gasteiger partial charge in [-0.15, -0.1) is 0 Å². The Morgan fingerprint density at radius 3 is 2.68 bits per heavy atom. The summed E-state index contributed by atoms with van der Waals surface area (Å²) in [4.78, 5) is 7.11. The molecule has 1 atom stereocenters. The first kappa shape index (κ1) is 16.3. The minimum Gasteiger partial charge on any atom is -0.357 e. The zero-order valence-electron chi connectivity index (χ0n) is 13.0. The molecule has 1 heterocycles. The van der Waals surface area contributed by atoms with Crippen molar-refractivity contribution in [2.45, 2.75) is 46.0 Å². The maximum atomic E-state index is 4.72. The molecule has 2 N–H and O–H groups in total. The fraction of sp³-hybridized carbons (Fsp3) is 0.933. The number of hydrogen-bond acceptors (Lipinski definition) is 2. The summed E-state index contributed by atoms with van der Waals surface area (Å²) in [6.45, 7) is 9.71. The first-order valence-corrected chi connectivity index (χ1v) is 7.97. The first-order valence-electron chi connectivity index (χ1n) is 7.97. The minimum absolute atomic E-state index is 0.737. The Balaban J connectivity index is 2.22. The Morgan fingerprint density at radius 2 is 2.05 bits per heavy atom. The molecule has 1 aliphatic rings. The predicted molar refractivity (Wildman–Crippen MR) is 83.7 cm³/mol. The molecule has 4 heteroatoms. The van der Waals surface area contributed by atoms with Crippen LogP contribution in [0.2, 0.25) is 0 Å². The Hall–Kier alpha value is -0.770. The van der Waals surface area contributed by atoms with Crippen LogP contribution in [0, 0.1) is 5.92 Å². The number of hydrogen-bond donors (Lipinski definition) is 2. The van der Waals surface area contributed by atoms with E-state index in [4.69, 9.17) is 4.99 Å². The van der Waals surface area contributed by atoms with E-state index in [0.29, 0.717) is 0 Å². The molecular formula is C15H32N4. The van der Waals surface area contributed by atoms with Gasteiger partial charge >= 0.3 is 0 Å². The van der Waals surface area contributed by atoms with Gasteiger partial charge in [0, 0.05) is 26.2 Å². The van der Waals surface area contributed by atoms with Crippen molar-refractivity contribution in [2.75, 3.05) is 39.8 Å². The Labute approximate surface area is 119 Å². The predicted octanol–water partition coefficient (Wildman–Crippen LogP) is 2.07. The molecule has 0 amide bonds. The van der Waals surface area contributed by atoms with Crippen molar-refractivity contribution >= 4 is 5.96 Å². The Kier molecular flexibility index (Phi) is 8.63. The highest BCUT2D eigenvalue weighted by Gasteiger charge is 2.18. The molecule has 0 aliphatic carbocycles. The number of likely N-dealkylation sites (tertiary alicyclic amines) is 1. The van der Waals surface area contributed by atoms with Crippen LogP contribution >= 0.6 is 0 Å². The molecule has 1 aliphatic heterocycles. The zero-order chi connectivity index (χ0) is 13.9. The van der Waals surface area contributed by atoms with Crippen molar-refractivity contribution in [3.8, 4) is 0 Å². The summed E-state index contributed by atoms with van der Waals surface area (Å²) in [5, 5.41) is 6.77. The second kappa shape index (κ2) is 10.1. The average molecular weight is 268 g/mol. The van der Waals surface area contributed by atoms with E-state index in [9.17, 15) is 0 Å². The highest BCUT2D eigenvalue weighted by Crippen LogP contribution is 2.14. The fourth-order valence-corrected chi connectivity index (χ4v) is 2.50. The zero-order valence-corrected chi connectivity index (χ0v) is 13.0. The quantitative estimate of drug-likeness (QED) is 0.402. The summed E-state index contributed by atoms with van der Waals surface area (Å²) < 4.78 is 0. The van der Waals surface area contributed by atoms with E-state index >= 15 is 0 Å². The number of unbranched alkanes of at least 4 members (excludes halogenated alkanes) is 3. The topological polar surface area (TPSA) is 39.7 Å². The molecule has 0 radical (unpaired) electrons. The molecular weight excluding hydrogens is 236 g/mol. The molecule has 1 saturated heterocycles. The molecule has 0 bridgehead atoms. The van der Waals surface area contributed by atoms with E-state index in [1.807, 2.05) is 0 Å². The fourth-order valence-electron chi connectivity index (χ4n) is 2.50. The molecule has 1 unspecified atom stereocenters. The first-order chi connectivity index (χ1) is 9.26. The molecule has 0 aromatic rings. The van der Waals surface area contributed by atoms with E-state index in [0.717, 1.165) is 31.5 Å². The Bertz CT molecular complexity index is 253. The highest BCUT2D eigenvalue weighted by atomic mass is 15.2. The number of nitrogens with zero attached hydrogens (tertiary/aromatic N) is 2. The van der Waals surface area contributed by atoms with Crippen LogP contribution in [0.15, 0.2) is 4.99 Å². The van der Waals surface area contributed by atoms with Crippen molar-refractivity contribution in [3.63, 3.8) is 0 Å². The third kappa shape index (κ3) is 7.41. The lowest BCUT2D eigenvalue weighted by Gasteiger charge is -2.13. The van der Waals surface area contributed by atoms with Gasteiger partial charge in [0.05, 0.1) is 0 Å². The van der Waals surface area contributed by atoms with Gasteiger partial charge in [0.25, 0.3) is 0 Å². The highest BCUT2D eigenvalue weighted by molar-refractivity contribution is 5.79. The summed E-state index contributed by atoms with van der Waals surface area (Å²) in [5.74, 6) is 1.73. The van der Waals surface area contributed by atoms with E-state index in [2.05, 4.69) is 36.4 Å². The number of rotatable bonds is 8. The maximum absolute atomic E-state index is 4.72. The van der Waals surface area contributed by atoms with Crippen LogP contribution in [0.3, 0.4) is 0 Å². The Morgan fingerprint density at radius 1 is 1.21 bits per heavy atom. The lowest BCUT2D eigenvalue weighted by atomic mass is 10.1. The lowest BCUT2D eigenvalue weighted by Crippen LogP contribution is -2.38. The second-order valence-electron chi connectivity index (χ2n) is 5.62. The van der Waals surface area contributed by atoms with Gasteiger partial charge in [0.1, 0.15) is 0 Å². The van der Waals surface area contributed by atoms with E-state index in [-0.39, 0.29) is 0 Å². The minimum atomic E-state index is 0.737. The molecule has 1 fully saturated rings. The van der Waals surface area contributed by atoms with E-state index < -0.39 is 0 Å². The molecule has 0 aromatic carbocycles. The van der Waals surface area contributed by atoms with Crippen LogP contribution in [0.4, 0.5) is 0 Å². The van der Waals surface area contributed by atoms with Gasteiger partial charge in [-0.25, -0.2) is 0 Å². The van der Waals surface area contributed by atoms with Gasteiger partial charge in [-0.1, -0.05) is 26.2 Å². The molecule has 0 saturated carbocycles. The standard InChI is InChI=1S/C15H32N4/c1-4-6-7-8-10-17-15(16-5-2)18-12-14-9-11-19(3)13-14/h14H,4-13H2,1-3H3,(H2,16,17,18). The van der Waals surface area contributed by atoms with Crippen LogP contribution in [0.1, 0.15) is 46.0 Å². The number of aliphatic imine (C=N–C) groups is 1. The SMILES string of the molecule is CCCCCCNC(=NCC1CCN(C)C1)NCC. The van der Waals surface area contributed by atoms with Crippen LogP contribution in [0.5, 0.6) is 0 Å². The number of guanidine groups is 1. The van der Waals surface area contributed by atoms with E-state index in [1.54, 1.807) is 0 Å². The third-order valence-electron chi connectivity index (χ3n) is 3.66. The summed E-state index contributed by atoms with van der Waals surface area (Å²) in [6, 6.07) is 0. The van der Waals surface area contributed by atoms with Crippen molar-refractivity contribution in [3.05, 3.63) is 0 Å². The van der Waals surface area contributed by atoms with Gasteiger partial charge in [0.2, 0.25) is 0 Å². The molecule has 0 spiro atoms. The van der Waals surface area contributed by atoms with Crippen molar-refractivity contribution in [1.29, 1.82) is 0 Å². The largest absolute Gasteiger partial charge is 0.357 e. The summed E-state index contributed by atoms with van der Waals surface area (Å²) >= 11 is 0. The van der Waals surface area contributed by atoms with Gasteiger partial charge in [-0.3, -0.25) is 4.99 Å². The molecule has 1 rings (SSSR count). The summed E-state index contributed by atoms with van der Waals surface area (Å²) in [7, 11) is 2.20. The van der Waals surface area contributed by atoms with Crippen molar-refractivity contribution < 1.29 is 0 Å². The van der Waals surface area contributed by atoms with Gasteiger partial charge < -0.3 is 15.5 Å². The normalized spacial score (nSPS) is 20.8. The molecule has 112 valence electrons.